The minimum atomic E-state index is 0.00305. The van der Waals surface area contributed by atoms with Crippen molar-refractivity contribution in [1.29, 1.82) is 0 Å². The molecule has 0 fully saturated rings. The van der Waals surface area contributed by atoms with Gasteiger partial charge in [0.15, 0.2) is 11.5 Å². The highest BCUT2D eigenvalue weighted by Crippen LogP contribution is 2.48. The Morgan fingerprint density at radius 2 is 1.61 bits per heavy atom. The Bertz CT molecular complexity index is 738. The maximum absolute atomic E-state index is 10.5. The standard InChI is InChI=1S/C24H36O4/c1-16(2)10-8-11-17(3)12-9-13-18(4)14-15-20-19(5)21(25)23(27-6)24(28-7)22(20)26/h9-10,12,14,17,25-26H,8,11,13,15H2,1-7H3. The first-order valence-electron chi connectivity index (χ1n) is 9.83. The molecule has 0 aliphatic carbocycles. The Hall–Kier alpha value is -2.36. The number of allylic oxidation sites excluding steroid dienone is 6. The van der Waals surface area contributed by atoms with Gasteiger partial charge >= 0.3 is 0 Å². The van der Waals surface area contributed by atoms with Crippen molar-refractivity contribution in [2.75, 3.05) is 14.2 Å². The van der Waals surface area contributed by atoms with Crippen molar-refractivity contribution in [3.05, 3.63) is 46.6 Å². The van der Waals surface area contributed by atoms with Crippen molar-refractivity contribution in [3.8, 4) is 23.0 Å². The lowest BCUT2D eigenvalue weighted by atomic mass is 9.99. The highest BCUT2D eigenvalue weighted by molar-refractivity contribution is 5.66. The highest BCUT2D eigenvalue weighted by Gasteiger charge is 2.22. The third-order valence-electron chi connectivity index (χ3n) is 4.87. The predicted octanol–water partition coefficient (Wildman–Crippen LogP) is 6.24. The zero-order chi connectivity index (χ0) is 21.3. The lowest BCUT2D eigenvalue weighted by molar-refractivity contribution is 0.314. The highest BCUT2D eigenvalue weighted by atomic mass is 16.5. The van der Waals surface area contributed by atoms with Crippen molar-refractivity contribution in [2.45, 2.75) is 60.3 Å². The summed E-state index contributed by atoms with van der Waals surface area (Å²) in [6.07, 6.45) is 12.5. The molecule has 4 nitrogen and oxygen atoms in total. The number of benzene rings is 1. The Labute approximate surface area is 170 Å². The molecular formula is C24H36O4. The minimum absolute atomic E-state index is 0.00305. The van der Waals surface area contributed by atoms with Crippen molar-refractivity contribution < 1.29 is 19.7 Å². The van der Waals surface area contributed by atoms with Gasteiger partial charge in [0, 0.05) is 11.1 Å². The van der Waals surface area contributed by atoms with Crippen molar-refractivity contribution in [1.82, 2.24) is 0 Å². The fraction of sp³-hybridized carbons (Fsp3) is 0.500. The summed E-state index contributed by atoms with van der Waals surface area (Å²) >= 11 is 0. The summed E-state index contributed by atoms with van der Waals surface area (Å²) in [5.41, 5.74) is 3.83. The second-order valence-corrected chi connectivity index (χ2v) is 7.59. The number of methoxy groups -OCH3 is 2. The van der Waals surface area contributed by atoms with Crippen LogP contribution in [0.4, 0.5) is 0 Å². The minimum Gasteiger partial charge on any atom is -0.504 e. The van der Waals surface area contributed by atoms with Gasteiger partial charge in [-0.05, 0) is 59.3 Å². The molecule has 1 aromatic rings. The fourth-order valence-corrected chi connectivity index (χ4v) is 3.05. The molecule has 1 aromatic carbocycles. The van der Waals surface area contributed by atoms with Crippen LogP contribution in [0.2, 0.25) is 0 Å². The zero-order valence-electron chi connectivity index (χ0n) is 18.4. The Morgan fingerprint density at radius 3 is 2.18 bits per heavy atom. The maximum Gasteiger partial charge on any atom is 0.207 e. The lowest BCUT2D eigenvalue weighted by Crippen LogP contribution is -1.98. The van der Waals surface area contributed by atoms with Crippen molar-refractivity contribution in [3.63, 3.8) is 0 Å². The Balaban J connectivity index is 2.79. The zero-order valence-corrected chi connectivity index (χ0v) is 18.4. The van der Waals surface area contributed by atoms with Gasteiger partial charge in [0.2, 0.25) is 11.5 Å². The van der Waals surface area contributed by atoms with Crippen LogP contribution >= 0.6 is 0 Å². The molecule has 0 aliphatic rings. The molecule has 156 valence electrons. The van der Waals surface area contributed by atoms with Gasteiger partial charge in [-0.25, -0.2) is 0 Å². The first-order valence-corrected chi connectivity index (χ1v) is 9.83. The van der Waals surface area contributed by atoms with Crippen molar-refractivity contribution in [2.24, 2.45) is 5.92 Å². The van der Waals surface area contributed by atoms with Gasteiger partial charge in [-0.15, -0.1) is 0 Å². The van der Waals surface area contributed by atoms with Gasteiger partial charge in [-0.2, -0.15) is 0 Å². The van der Waals surface area contributed by atoms with E-state index in [4.69, 9.17) is 9.47 Å². The molecule has 0 heterocycles. The SMILES string of the molecule is COc1c(O)c(C)c(CC=C(C)CC=CC(C)CCC=C(C)C)c(O)c1OC. The molecule has 0 spiro atoms. The largest absolute Gasteiger partial charge is 0.504 e. The van der Waals surface area contributed by atoms with Gasteiger partial charge in [-0.3, -0.25) is 0 Å². The summed E-state index contributed by atoms with van der Waals surface area (Å²) in [5, 5.41) is 20.9. The molecular weight excluding hydrogens is 352 g/mol. The number of ether oxygens (including phenoxy) is 2. The summed E-state index contributed by atoms with van der Waals surface area (Å²) < 4.78 is 10.4. The molecule has 28 heavy (non-hydrogen) atoms. The Kier molecular flexibility index (Phi) is 9.70. The maximum atomic E-state index is 10.5. The lowest BCUT2D eigenvalue weighted by Gasteiger charge is -2.17. The van der Waals surface area contributed by atoms with Crippen LogP contribution in [0.25, 0.3) is 0 Å². The van der Waals surface area contributed by atoms with Gasteiger partial charge in [0.1, 0.15) is 0 Å². The van der Waals surface area contributed by atoms with Crippen LogP contribution in [0.1, 0.15) is 58.1 Å². The second kappa shape index (κ2) is 11.5. The van der Waals surface area contributed by atoms with E-state index in [9.17, 15) is 10.2 Å². The molecule has 1 rings (SSSR count). The molecule has 0 aromatic heterocycles. The monoisotopic (exact) mass is 388 g/mol. The van der Waals surface area contributed by atoms with Crippen LogP contribution in [0.15, 0.2) is 35.5 Å². The summed E-state index contributed by atoms with van der Waals surface area (Å²) in [4.78, 5) is 0. The molecule has 0 bridgehead atoms. The number of phenolic OH excluding ortho intramolecular Hbond substituents is 2. The fourth-order valence-electron chi connectivity index (χ4n) is 3.05. The number of phenols is 2. The van der Waals surface area contributed by atoms with E-state index in [1.165, 1.54) is 25.4 Å². The van der Waals surface area contributed by atoms with E-state index in [2.05, 4.69) is 52.0 Å². The third-order valence-corrected chi connectivity index (χ3v) is 4.87. The van der Waals surface area contributed by atoms with Crippen LogP contribution in [0, 0.1) is 12.8 Å². The normalized spacial score (nSPS) is 12.9. The molecule has 0 radical (unpaired) electrons. The van der Waals surface area contributed by atoms with Gasteiger partial charge < -0.3 is 19.7 Å². The first-order chi connectivity index (χ1) is 13.2. The average molecular weight is 389 g/mol. The molecule has 4 heteroatoms. The molecule has 0 saturated carbocycles. The van der Waals surface area contributed by atoms with Crippen LogP contribution in [-0.2, 0) is 6.42 Å². The summed E-state index contributed by atoms with van der Waals surface area (Å²) in [6.45, 7) is 10.3. The van der Waals surface area contributed by atoms with E-state index in [1.54, 1.807) is 6.92 Å². The molecule has 0 amide bonds. The molecule has 0 aliphatic heterocycles. The number of hydrogen-bond acceptors (Lipinski definition) is 4. The molecule has 1 atom stereocenters. The first kappa shape index (κ1) is 23.7. The molecule has 1 unspecified atom stereocenters. The summed E-state index contributed by atoms with van der Waals surface area (Å²) in [6, 6.07) is 0. The van der Waals surface area contributed by atoms with Crippen LogP contribution in [0.3, 0.4) is 0 Å². The van der Waals surface area contributed by atoms with E-state index in [0.717, 1.165) is 19.3 Å². The van der Waals surface area contributed by atoms with E-state index < -0.39 is 0 Å². The van der Waals surface area contributed by atoms with Gasteiger partial charge in [0.25, 0.3) is 0 Å². The van der Waals surface area contributed by atoms with Gasteiger partial charge in [-0.1, -0.05) is 42.4 Å². The van der Waals surface area contributed by atoms with E-state index in [0.29, 0.717) is 23.5 Å². The van der Waals surface area contributed by atoms with E-state index in [-0.39, 0.29) is 23.0 Å². The number of rotatable bonds is 10. The molecule has 2 N–H and O–H groups in total. The van der Waals surface area contributed by atoms with Crippen LogP contribution in [0.5, 0.6) is 23.0 Å². The summed E-state index contributed by atoms with van der Waals surface area (Å²) in [5.74, 6) is 0.895. The van der Waals surface area contributed by atoms with Gasteiger partial charge in [0.05, 0.1) is 14.2 Å². The third kappa shape index (κ3) is 6.66. The summed E-state index contributed by atoms with van der Waals surface area (Å²) in [7, 11) is 2.88. The number of hydrogen-bond donors (Lipinski definition) is 2. The topological polar surface area (TPSA) is 58.9 Å². The Morgan fingerprint density at radius 1 is 1.00 bits per heavy atom. The van der Waals surface area contributed by atoms with E-state index >= 15 is 0 Å². The molecule has 0 saturated heterocycles. The van der Waals surface area contributed by atoms with Crippen LogP contribution in [-0.4, -0.2) is 24.4 Å². The number of aromatic hydroxyl groups is 2. The average Bonchev–Trinajstić information content (AvgIpc) is 2.64. The quantitative estimate of drug-likeness (QED) is 0.368. The second-order valence-electron chi connectivity index (χ2n) is 7.59. The van der Waals surface area contributed by atoms with Crippen LogP contribution < -0.4 is 9.47 Å². The predicted molar refractivity (Wildman–Crippen MR) is 117 cm³/mol. The van der Waals surface area contributed by atoms with E-state index in [1.807, 2.05) is 0 Å². The van der Waals surface area contributed by atoms with Crippen molar-refractivity contribution >= 4 is 0 Å². The smallest absolute Gasteiger partial charge is 0.207 e.